The smallest absolute Gasteiger partial charge is 0.317 e. The van der Waals surface area contributed by atoms with E-state index in [-0.39, 0.29) is 32.1 Å². The van der Waals surface area contributed by atoms with Gasteiger partial charge < -0.3 is 9.47 Å². The van der Waals surface area contributed by atoms with Gasteiger partial charge >= 0.3 is 5.97 Å². The molecule has 0 N–H and O–H groups in total. The zero-order chi connectivity index (χ0) is 12.5. The summed E-state index contributed by atoms with van der Waals surface area (Å²) in [6, 6.07) is 0. The van der Waals surface area contributed by atoms with Crippen molar-refractivity contribution in [2.75, 3.05) is 40.0 Å². The summed E-state index contributed by atoms with van der Waals surface area (Å²) in [4.78, 5) is 13.3. The Hall–Kier alpha value is -0.750. The fraction of sp³-hybridized carbons (Fsp3) is 0.909. The molecular weight excluding hydrogens is 232 g/mol. The SMILES string of the molecule is COC(=O)C1(CN2CCCC(F)(F)C2)COC1. The molecule has 0 aromatic rings. The van der Waals surface area contributed by atoms with Gasteiger partial charge in [0.1, 0.15) is 5.41 Å². The normalized spacial score (nSPS) is 27.2. The number of likely N-dealkylation sites (tertiary alicyclic amines) is 1. The van der Waals surface area contributed by atoms with Crippen LogP contribution < -0.4 is 0 Å². The van der Waals surface area contributed by atoms with Crippen molar-refractivity contribution in [3.05, 3.63) is 0 Å². The lowest BCUT2D eigenvalue weighted by Crippen LogP contribution is -2.58. The average Bonchev–Trinajstić information content (AvgIpc) is 2.21. The van der Waals surface area contributed by atoms with Gasteiger partial charge in [-0.15, -0.1) is 0 Å². The molecule has 98 valence electrons. The first-order chi connectivity index (χ1) is 7.97. The highest BCUT2D eigenvalue weighted by Crippen LogP contribution is 2.33. The standard InChI is InChI=1S/C11H17F2NO3/c1-16-9(15)10(7-17-8-10)5-14-4-2-3-11(12,13)6-14/h2-8H2,1H3. The molecule has 17 heavy (non-hydrogen) atoms. The van der Waals surface area contributed by atoms with Crippen LogP contribution in [-0.2, 0) is 14.3 Å². The van der Waals surface area contributed by atoms with Crippen LogP contribution in [0.2, 0.25) is 0 Å². The molecule has 2 aliphatic rings. The van der Waals surface area contributed by atoms with Crippen molar-refractivity contribution in [1.29, 1.82) is 0 Å². The van der Waals surface area contributed by atoms with E-state index in [1.165, 1.54) is 7.11 Å². The van der Waals surface area contributed by atoms with Gasteiger partial charge in [-0.2, -0.15) is 0 Å². The van der Waals surface area contributed by atoms with Crippen LogP contribution >= 0.6 is 0 Å². The van der Waals surface area contributed by atoms with E-state index in [9.17, 15) is 13.6 Å². The minimum Gasteiger partial charge on any atom is -0.468 e. The zero-order valence-corrected chi connectivity index (χ0v) is 9.88. The molecule has 2 aliphatic heterocycles. The maximum atomic E-state index is 13.2. The first kappa shape index (κ1) is 12.7. The summed E-state index contributed by atoms with van der Waals surface area (Å²) < 4.78 is 36.2. The second-order valence-corrected chi connectivity index (χ2v) is 4.93. The summed E-state index contributed by atoms with van der Waals surface area (Å²) in [5, 5.41) is 0. The molecule has 6 heteroatoms. The summed E-state index contributed by atoms with van der Waals surface area (Å²) in [5.41, 5.74) is -0.734. The van der Waals surface area contributed by atoms with E-state index in [4.69, 9.17) is 9.47 Å². The van der Waals surface area contributed by atoms with E-state index in [1.54, 1.807) is 4.90 Å². The van der Waals surface area contributed by atoms with Gasteiger partial charge in [-0.3, -0.25) is 9.69 Å². The molecule has 0 atom stereocenters. The van der Waals surface area contributed by atoms with Crippen molar-refractivity contribution in [1.82, 2.24) is 4.90 Å². The molecule has 2 rings (SSSR count). The number of hydrogen-bond acceptors (Lipinski definition) is 4. The second-order valence-electron chi connectivity index (χ2n) is 4.93. The second kappa shape index (κ2) is 4.49. The van der Waals surface area contributed by atoms with Crippen LogP contribution in [0.1, 0.15) is 12.8 Å². The van der Waals surface area contributed by atoms with Gasteiger partial charge in [0.2, 0.25) is 0 Å². The predicted molar refractivity (Wildman–Crippen MR) is 55.9 cm³/mol. The van der Waals surface area contributed by atoms with E-state index >= 15 is 0 Å². The Morgan fingerprint density at radius 3 is 2.65 bits per heavy atom. The van der Waals surface area contributed by atoms with Crippen LogP contribution in [0.3, 0.4) is 0 Å². The van der Waals surface area contributed by atoms with Crippen molar-refractivity contribution in [3.63, 3.8) is 0 Å². The number of ether oxygens (including phenoxy) is 2. The van der Waals surface area contributed by atoms with Gasteiger partial charge in [-0.1, -0.05) is 0 Å². The number of rotatable bonds is 3. The van der Waals surface area contributed by atoms with Gasteiger partial charge in [0.05, 0.1) is 26.9 Å². The molecule has 2 fully saturated rings. The Morgan fingerprint density at radius 2 is 2.18 bits per heavy atom. The Labute approximate surface area is 98.9 Å². The maximum Gasteiger partial charge on any atom is 0.317 e. The molecule has 2 saturated heterocycles. The summed E-state index contributed by atoms with van der Waals surface area (Å²) in [5.74, 6) is -3.00. The molecule has 4 nitrogen and oxygen atoms in total. The Kier molecular flexibility index (Phi) is 3.36. The van der Waals surface area contributed by atoms with Gasteiger partial charge in [0, 0.05) is 13.0 Å². The lowest BCUT2D eigenvalue weighted by molar-refractivity contribution is -0.190. The summed E-state index contributed by atoms with van der Waals surface area (Å²) in [7, 11) is 1.31. The number of esters is 1. The summed E-state index contributed by atoms with van der Waals surface area (Å²) in [6.45, 7) is 1.17. The highest BCUT2D eigenvalue weighted by Gasteiger charge is 2.49. The van der Waals surface area contributed by atoms with E-state index in [0.29, 0.717) is 19.5 Å². The van der Waals surface area contributed by atoms with Crippen molar-refractivity contribution < 1.29 is 23.0 Å². The number of methoxy groups -OCH3 is 1. The van der Waals surface area contributed by atoms with Crippen LogP contribution in [0.25, 0.3) is 0 Å². The topological polar surface area (TPSA) is 38.8 Å². The highest BCUT2D eigenvalue weighted by atomic mass is 19.3. The number of nitrogens with zero attached hydrogens (tertiary/aromatic N) is 1. The summed E-state index contributed by atoms with van der Waals surface area (Å²) >= 11 is 0. The van der Waals surface area contributed by atoms with Crippen molar-refractivity contribution in [3.8, 4) is 0 Å². The van der Waals surface area contributed by atoms with Crippen LogP contribution in [0.4, 0.5) is 8.78 Å². The van der Waals surface area contributed by atoms with Gasteiger partial charge in [-0.25, -0.2) is 8.78 Å². The number of hydrogen-bond donors (Lipinski definition) is 0. The third-order valence-corrected chi connectivity index (χ3v) is 3.37. The minimum atomic E-state index is -2.64. The van der Waals surface area contributed by atoms with Gasteiger partial charge in [0.15, 0.2) is 0 Å². The van der Waals surface area contributed by atoms with E-state index in [1.807, 2.05) is 0 Å². The summed E-state index contributed by atoms with van der Waals surface area (Å²) in [6.07, 6.45) is 0.399. The lowest BCUT2D eigenvalue weighted by atomic mass is 9.84. The van der Waals surface area contributed by atoms with Crippen molar-refractivity contribution in [2.24, 2.45) is 5.41 Å². The van der Waals surface area contributed by atoms with Crippen LogP contribution in [0.5, 0.6) is 0 Å². The van der Waals surface area contributed by atoms with E-state index in [2.05, 4.69) is 0 Å². The van der Waals surface area contributed by atoms with Crippen LogP contribution in [0, 0.1) is 5.41 Å². The molecule has 0 aromatic heterocycles. The fourth-order valence-electron chi connectivity index (χ4n) is 2.45. The molecule has 0 unspecified atom stereocenters. The predicted octanol–water partition coefficient (Wildman–Crippen LogP) is 0.907. The van der Waals surface area contributed by atoms with E-state index < -0.39 is 11.3 Å². The fourth-order valence-corrected chi connectivity index (χ4v) is 2.45. The third-order valence-electron chi connectivity index (χ3n) is 3.37. The van der Waals surface area contributed by atoms with Crippen molar-refractivity contribution in [2.45, 2.75) is 18.8 Å². The Balaban J connectivity index is 1.97. The van der Waals surface area contributed by atoms with Gasteiger partial charge in [-0.05, 0) is 13.0 Å². The number of alkyl halides is 2. The molecule has 0 aliphatic carbocycles. The number of piperidine rings is 1. The monoisotopic (exact) mass is 249 g/mol. The molecule has 0 spiro atoms. The first-order valence-electron chi connectivity index (χ1n) is 5.74. The highest BCUT2D eigenvalue weighted by molar-refractivity contribution is 5.78. The number of halogens is 2. The Morgan fingerprint density at radius 1 is 1.47 bits per heavy atom. The van der Waals surface area contributed by atoms with Gasteiger partial charge in [0.25, 0.3) is 5.92 Å². The first-order valence-corrected chi connectivity index (χ1v) is 5.74. The molecule has 0 saturated carbocycles. The number of carbonyl (C=O) groups is 1. The zero-order valence-electron chi connectivity index (χ0n) is 9.88. The Bertz CT molecular complexity index is 305. The molecule has 0 radical (unpaired) electrons. The molecule has 2 heterocycles. The van der Waals surface area contributed by atoms with Crippen LogP contribution in [-0.4, -0.2) is 56.7 Å². The lowest BCUT2D eigenvalue weighted by Gasteiger charge is -2.43. The molecule has 0 amide bonds. The molecular formula is C11H17F2NO3. The largest absolute Gasteiger partial charge is 0.468 e. The van der Waals surface area contributed by atoms with E-state index in [0.717, 1.165) is 0 Å². The maximum absolute atomic E-state index is 13.2. The minimum absolute atomic E-state index is 0.0643. The molecule has 0 aromatic carbocycles. The van der Waals surface area contributed by atoms with Crippen LogP contribution in [0.15, 0.2) is 0 Å². The van der Waals surface area contributed by atoms with Crippen molar-refractivity contribution >= 4 is 5.97 Å². The molecule has 0 bridgehead atoms. The third kappa shape index (κ3) is 2.57. The quantitative estimate of drug-likeness (QED) is 0.697. The average molecular weight is 249 g/mol. The number of carbonyl (C=O) groups excluding carboxylic acids is 1.